The van der Waals surface area contributed by atoms with Crippen LogP contribution in [-0.4, -0.2) is 17.9 Å². The highest BCUT2D eigenvalue weighted by atomic mass is 19.1. The molecule has 0 saturated carbocycles. The number of aromatic nitrogens is 1. The van der Waals surface area contributed by atoms with E-state index in [9.17, 15) is 13.6 Å². The van der Waals surface area contributed by atoms with Crippen LogP contribution in [0.4, 0.5) is 8.78 Å². The maximum absolute atomic E-state index is 13.4. The molecule has 0 aliphatic carbocycles. The van der Waals surface area contributed by atoms with Crippen molar-refractivity contribution in [3.8, 4) is 5.75 Å². The van der Waals surface area contributed by atoms with Crippen molar-refractivity contribution in [1.82, 2.24) is 4.98 Å². The molecule has 0 unspecified atom stereocenters. The van der Waals surface area contributed by atoms with Gasteiger partial charge in [-0.25, -0.2) is 8.78 Å². The summed E-state index contributed by atoms with van der Waals surface area (Å²) >= 11 is 0. The van der Waals surface area contributed by atoms with E-state index in [1.165, 1.54) is 37.4 Å². The lowest BCUT2D eigenvalue weighted by Crippen LogP contribution is -2.04. The van der Waals surface area contributed by atoms with Gasteiger partial charge in [-0.3, -0.25) is 4.79 Å². The van der Waals surface area contributed by atoms with Gasteiger partial charge in [0.05, 0.1) is 7.11 Å². The molecule has 0 spiro atoms. The smallest absolute Gasteiger partial charge is 0.169 e. The van der Waals surface area contributed by atoms with Crippen molar-refractivity contribution < 1.29 is 18.3 Å². The van der Waals surface area contributed by atoms with Crippen molar-refractivity contribution >= 4 is 16.7 Å². The minimum absolute atomic E-state index is 0.0485. The van der Waals surface area contributed by atoms with E-state index in [2.05, 4.69) is 4.98 Å². The van der Waals surface area contributed by atoms with Gasteiger partial charge in [0, 0.05) is 40.7 Å². The number of nitrogens with one attached hydrogen (secondary N) is 1. The van der Waals surface area contributed by atoms with Gasteiger partial charge in [0.15, 0.2) is 5.78 Å². The standard InChI is InChI=1S/C17H13F2NO2/c1-22-17-8-12(19)3-2-10(17)6-16(21)14-9-20-15-5-4-11(18)7-13(14)15/h2-5,7-9,20H,6H2,1H3. The van der Waals surface area contributed by atoms with Gasteiger partial charge in [-0.1, -0.05) is 6.07 Å². The Morgan fingerprint density at radius 3 is 2.64 bits per heavy atom. The number of carbonyl (C=O) groups is 1. The molecule has 0 radical (unpaired) electrons. The Labute approximate surface area is 125 Å². The molecule has 3 nitrogen and oxygen atoms in total. The van der Waals surface area contributed by atoms with Crippen LogP contribution in [0.2, 0.25) is 0 Å². The number of hydrogen-bond acceptors (Lipinski definition) is 2. The first-order chi connectivity index (χ1) is 10.6. The fourth-order valence-corrected chi connectivity index (χ4v) is 2.46. The van der Waals surface area contributed by atoms with Crippen molar-refractivity contribution in [2.75, 3.05) is 7.11 Å². The first kappa shape index (κ1) is 14.3. The van der Waals surface area contributed by atoms with Crippen molar-refractivity contribution in [2.24, 2.45) is 0 Å². The predicted octanol–water partition coefficient (Wildman–Crippen LogP) is 3.88. The molecule has 22 heavy (non-hydrogen) atoms. The number of aromatic amines is 1. The van der Waals surface area contributed by atoms with E-state index in [1.807, 2.05) is 0 Å². The summed E-state index contributed by atoms with van der Waals surface area (Å²) in [5, 5.41) is 0.533. The van der Waals surface area contributed by atoms with Crippen molar-refractivity contribution in [3.05, 3.63) is 65.4 Å². The summed E-state index contributed by atoms with van der Waals surface area (Å²) in [7, 11) is 1.42. The second-order valence-corrected chi connectivity index (χ2v) is 4.95. The summed E-state index contributed by atoms with van der Waals surface area (Å²) in [6.07, 6.45) is 1.61. The summed E-state index contributed by atoms with van der Waals surface area (Å²) in [6, 6.07) is 8.26. The van der Waals surface area contributed by atoms with Gasteiger partial charge in [0.1, 0.15) is 17.4 Å². The van der Waals surface area contributed by atoms with Gasteiger partial charge in [-0.05, 0) is 24.3 Å². The van der Waals surface area contributed by atoms with E-state index < -0.39 is 11.6 Å². The SMILES string of the molecule is COc1cc(F)ccc1CC(=O)c1c[nH]c2ccc(F)cc12. The molecule has 112 valence electrons. The van der Waals surface area contributed by atoms with E-state index in [-0.39, 0.29) is 12.2 Å². The number of hydrogen-bond donors (Lipinski definition) is 1. The zero-order chi connectivity index (χ0) is 15.7. The topological polar surface area (TPSA) is 42.1 Å². The summed E-state index contributed by atoms with van der Waals surface area (Å²) in [5.41, 5.74) is 1.68. The Kier molecular flexibility index (Phi) is 3.63. The number of halogens is 2. The molecule has 0 atom stereocenters. The fourth-order valence-electron chi connectivity index (χ4n) is 2.46. The maximum atomic E-state index is 13.4. The van der Waals surface area contributed by atoms with Crippen molar-refractivity contribution in [2.45, 2.75) is 6.42 Å². The van der Waals surface area contributed by atoms with Crippen LogP contribution in [-0.2, 0) is 6.42 Å². The number of benzene rings is 2. The van der Waals surface area contributed by atoms with Gasteiger partial charge in [-0.2, -0.15) is 0 Å². The number of methoxy groups -OCH3 is 1. The average molecular weight is 301 g/mol. The third kappa shape index (κ3) is 2.57. The van der Waals surface area contributed by atoms with Crippen molar-refractivity contribution in [3.63, 3.8) is 0 Å². The van der Waals surface area contributed by atoms with Crippen LogP contribution in [0.1, 0.15) is 15.9 Å². The first-order valence-electron chi connectivity index (χ1n) is 6.70. The largest absolute Gasteiger partial charge is 0.496 e. The second kappa shape index (κ2) is 5.60. The molecule has 1 aromatic heterocycles. The summed E-state index contributed by atoms with van der Waals surface area (Å²) in [4.78, 5) is 15.4. The van der Waals surface area contributed by atoms with Crippen molar-refractivity contribution in [1.29, 1.82) is 0 Å². The molecule has 3 aromatic rings. The van der Waals surface area contributed by atoms with E-state index >= 15 is 0 Å². The van der Waals surface area contributed by atoms with Crippen LogP contribution in [0.25, 0.3) is 10.9 Å². The number of carbonyl (C=O) groups excluding carboxylic acids is 1. The second-order valence-electron chi connectivity index (χ2n) is 4.95. The molecule has 0 amide bonds. The van der Waals surface area contributed by atoms with Gasteiger partial charge in [0.2, 0.25) is 0 Å². The Bertz CT molecular complexity index is 855. The number of rotatable bonds is 4. The summed E-state index contributed by atoms with van der Waals surface area (Å²) < 4.78 is 31.6. The van der Waals surface area contributed by atoms with Crippen LogP contribution in [0.5, 0.6) is 5.75 Å². The summed E-state index contributed by atoms with van der Waals surface area (Å²) in [6.45, 7) is 0. The molecular weight excluding hydrogens is 288 g/mol. The predicted molar refractivity (Wildman–Crippen MR) is 79.2 cm³/mol. The normalized spacial score (nSPS) is 10.9. The van der Waals surface area contributed by atoms with Crippen LogP contribution >= 0.6 is 0 Å². The van der Waals surface area contributed by atoms with E-state index in [1.54, 1.807) is 12.3 Å². The minimum atomic E-state index is -0.429. The van der Waals surface area contributed by atoms with Crippen LogP contribution < -0.4 is 4.74 Å². The molecule has 2 aromatic carbocycles. The molecule has 0 aliphatic heterocycles. The molecule has 0 saturated heterocycles. The number of ketones is 1. The zero-order valence-electron chi connectivity index (χ0n) is 11.8. The molecule has 5 heteroatoms. The third-order valence-electron chi connectivity index (χ3n) is 3.54. The van der Waals surface area contributed by atoms with Gasteiger partial charge in [-0.15, -0.1) is 0 Å². The van der Waals surface area contributed by atoms with Gasteiger partial charge >= 0.3 is 0 Å². The quantitative estimate of drug-likeness (QED) is 0.743. The van der Waals surface area contributed by atoms with Gasteiger partial charge in [0.25, 0.3) is 0 Å². The van der Waals surface area contributed by atoms with E-state index in [4.69, 9.17) is 4.74 Å². The Balaban J connectivity index is 1.95. The first-order valence-corrected chi connectivity index (χ1v) is 6.70. The molecule has 0 bridgehead atoms. The molecule has 3 rings (SSSR count). The van der Waals surface area contributed by atoms with Crippen LogP contribution in [0.15, 0.2) is 42.6 Å². The summed E-state index contributed by atoms with van der Waals surface area (Å²) in [5.74, 6) is -0.705. The number of H-pyrrole nitrogens is 1. The van der Waals surface area contributed by atoms with E-state index in [0.717, 1.165) is 0 Å². The Morgan fingerprint density at radius 1 is 1.14 bits per heavy atom. The van der Waals surface area contributed by atoms with Gasteiger partial charge < -0.3 is 9.72 Å². The molecule has 0 fully saturated rings. The van der Waals surface area contributed by atoms with Crippen LogP contribution in [0, 0.1) is 11.6 Å². The lowest BCUT2D eigenvalue weighted by Gasteiger charge is -2.07. The van der Waals surface area contributed by atoms with Crippen LogP contribution in [0.3, 0.4) is 0 Å². The molecular formula is C17H13F2NO2. The highest BCUT2D eigenvalue weighted by molar-refractivity contribution is 6.08. The Morgan fingerprint density at radius 2 is 1.86 bits per heavy atom. The minimum Gasteiger partial charge on any atom is -0.496 e. The number of ether oxygens (including phenoxy) is 1. The maximum Gasteiger partial charge on any atom is 0.169 e. The highest BCUT2D eigenvalue weighted by Gasteiger charge is 2.15. The molecule has 1 heterocycles. The third-order valence-corrected chi connectivity index (χ3v) is 3.54. The molecule has 0 aliphatic rings. The van der Waals surface area contributed by atoms with E-state index in [0.29, 0.717) is 27.8 Å². The number of fused-ring (bicyclic) bond motifs is 1. The molecule has 1 N–H and O–H groups in total. The monoisotopic (exact) mass is 301 g/mol. The lowest BCUT2D eigenvalue weighted by atomic mass is 10.0. The lowest BCUT2D eigenvalue weighted by molar-refractivity contribution is 0.0993. The fraction of sp³-hybridized carbons (Fsp3) is 0.118. The number of Topliss-reactive ketones (excluding diaryl/α,β-unsaturated/α-hetero) is 1. The zero-order valence-corrected chi connectivity index (χ0v) is 11.8. The highest BCUT2D eigenvalue weighted by Crippen LogP contribution is 2.24. The average Bonchev–Trinajstić information content (AvgIpc) is 2.92. The Hall–Kier alpha value is -2.69.